The lowest BCUT2D eigenvalue weighted by molar-refractivity contribution is -0.141. The van der Waals surface area contributed by atoms with Crippen molar-refractivity contribution in [3.05, 3.63) is 24.0 Å². The summed E-state index contributed by atoms with van der Waals surface area (Å²) in [6, 6.07) is 3.45. The predicted molar refractivity (Wildman–Crippen MR) is 67.5 cm³/mol. The Morgan fingerprint density at radius 2 is 2.20 bits per heavy atom. The van der Waals surface area contributed by atoms with Crippen molar-refractivity contribution in [2.75, 3.05) is 20.2 Å². The zero-order chi connectivity index (χ0) is 14.9. The van der Waals surface area contributed by atoms with Gasteiger partial charge in [-0.15, -0.1) is 0 Å². The molecule has 0 amide bonds. The average Bonchev–Trinajstić information content (AvgIpc) is 2.88. The van der Waals surface area contributed by atoms with E-state index in [1.54, 1.807) is 0 Å². The third-order valence-corrected chi connectivity index (χ3v) is 5.16. The molecule has 110 valence electrons. The first kappa shape index (κ1) is 14.7. The van der Waals surface area contributed by atoms with Crippen molar-refractivity contribution in [3.8, 4) is 5.75 Å². The van der Waals surface area contributed by atoms with E-state index in [9.17, 15) is 17.6 Å². The molecule has 0 saturated carbocycles. The first-order valence-electron chi connectivity index (χ1n) is 5.92. The van der Waals surface area contributed by atoms with Crippen molar-refractivity contribution < 1.29 is 27.4 Å². The van der Waals surface area contributed by atoms with Crippen molar-refractivity contribution in [2.24, 2.45) is 5.92 Å². The number of nitrogens with zero attached hydrogens (tertiary/aromatic N) is 1. The number of aliphatic carboxylic acids is 1. The lowest BCUT2D eigenvalue weighted by Gasteiger charge is -2.16. The van der Waals surface area contributed by atoms with Crippen LogP contribution < -0.4 is 4.74 Å². The van der Waals surface area contributed by atoms with E-state index < -0.39 is 32.6 Å². The van der Waals surface area contributed by atoms with Gasteiger partial charge in [-0.1, -0.05) is 0 Å². The highest BCUT2D eigenvalue weighted by Gasteiger charge is 2.37. The molecule has 1 heterocycles. The number of rotatable bonds is 4. The average molecular weight is 303 g/mol. The Balaban J connectivity index is 2.30. The third kappa shape index (κ3) is 2.61. The Morgan fingerprint density at radius 3 is 2.70 bits per heavy atom. The van der Waals surface area contributed by atoms with Gasteiger partial charge in [0.1, 0.15) is 16.5 Å². The minimum Gasteiger partial charge on any atom is -0.497 e. The molecule has 0 spiro atoms. The predicted octanol–water partition coefficient (Wildman–Crippen LogP) is 0.929. The molecule has 6 nitrogen and oxygen atoms in total. The highest BCUT2D eigenvalue weighted by Crippen LogP contribution is 2.27. The number of hydrogen-bond donors (Lipinski definition) is 1. The molecule has 0 bridgehead atoms. The standard InChI is InChI=1S/C12H14FNO5S/c1-19-9-2-3-11(10(13)6-9)20(17,18)14-5-4-8(7-14)12(15)16/h2-3,6,8H,4-5,7H2,1H3,(H,15,16). The molecule has 1 aromatic carbocycles. The van der Waals surface area contributed by atoms with Crippen LogP contribution in [0, 0.1) is 11.7 Å². The molecule has 0 aromatic heterocycles. The van der Waals surface area contributed by atoms with Crippen LogP contribution in [-0.2, 0) is 14.8 Å². The summed E-state index contributed by atoms with van der Waals surface area (Å²) >= 11 is 0. The number of hydrogen-bond acceptors (Lipinski definition) is 4. The minimum atomic E-state index is -4.02. The lowest BCUT2D eigenvalue weighted by atomic mass is 10.1. The van der Waals surface area contributed by atoms with E-state index >= 15 is 0 Å². The lowest BCUT2D eigenvalue weighted by Crippen LogP contribution is -2.30. The number of methoxy groups -OCH3 is 1. The second-order valence-electron chi connectivity index (χ2n) is 4.48. The Labute approximate surface area is 115 Å². The summed E-state index contributed by atoms with van der Waals surface area (Å²) in [5.41, 5.74) is 0. The maximum absolute atomic E-state index is 13.8. The normalized spacial score (nSPS) is 20.0. The quantitative estimate of drug-likeness (QED) is 0.894. The maximum Gasteiger partial charge on any atom is 0.307 e. The van der Waals surface area contributed by atoms with Gasteiger partial charge in [-0.2, -0.15) is 4.31 Å². The molecule has 8 heteroatoms. The van der Waals surface area contributed by atoms with E-state index in [0.717, 1.165) is 16.4 Å². The molecule has 2 rings (SSSR count). The van der Waals surface area contributed by atoms with Crippen molar-refractivity contribution in [3.63, 3.8) is 0 Å². The van der Waals surface area contributed by atoms with E-state index in [0.29, 0.717) is 0 Å². The summed E-state index contributed by atoms with van der Waals surface area (Å²) in [5, 5.41) is 8.88. The molecule has 1 aromatic rings. The molecule has 0 radical (unpaired) electrons. The fourth-order valence-corrected chi connectivity index (χ4v) is 3.65. The summed E-state index contributed by atoms with van der Waals surface area (Å²) in [6.45, 7) is -0.0616. The van der Waals surface area contributed by atoms with Gasteiger partial charge in [0.15, 0.2) is 0 Å². The first-order valence-corrected chi connectivity index (χ1v) is 7.36. The van der Waals surface area contributed by atoms with Gasteiger partial charge in [-0.3, -0.25) is 4.79 Å². The van der Waals surface area contributed by atoms with Gasteiger partial charge in [-0.25, -0.2) is 12.8 Å². The molecule has 1 saturated heterocycles. The van der Waals surface area contributed by atoms with Gasteiger partial charge in [0.2, 0.25) is 10.0 Å². The summed E-state index contributed by atoms with van der Waals surface area (Å²) in [7, 11) is -2.67. The summed E-state index contributed by atoms with van der Waals surface area (Å²) < 4.78 is 44.2. The maximum atomic E-state index is 13.8. The Morgan fingerprint density at radius 1 is 1.50 bits per heavy atom. The molecule has 1 unspecified atom stereocenters. The number of carboxylic acids is 1. The molecule has 20 heavy (non-hydrogen) atoms. The van der Waals surface area contributed by atoms with E-state index in [1.165, 1.54) is 13.2 Å². The van der Waals surface area contributed by atoms with Crippen molar-refractivity contribution >= 4 is 16.0 Å². The number of benzene rings is 1. The number of sulfonamides is 1. The van der Waals surface area contributed by atoms with Crippen molar-refractivity contribution in [1.29, 1.82) is 0 Å². The topological polar surface area (TPSA) is 83.9 Å². The number of halogens is 1. The second kappa shape index (κ2) is 5.37. The van der Waals surface area contributed by atoms with Gasteiger partial charge in [-0.05, 0) is 18.6 Å². The minimum absolute atomic E-state index is 0.0742. The Hall–Kier alpha value is -1.67. The Bertz CT molecular complexity index is 631. The zero-order valence-corrected chi connectivity index (χ0v) is 11.6. The Kier molecular flexibility index (Phi) is 3.96. The molecular formula is C12H14FNO5S. The van der Waals surface area contributed by atoms with Crippen molar-refractivity contribution in [1.82, 2.24) is 4.31 Å². The van der Waals surface area contributed by atoms with E-state index in [-0.39, 0.29) is 25.3 Å². The van der Waals surface area contributed by atoms with Crippen LogP contribution in [0.3, 0.4) is 0 Å². The largest absolute Gasteiger partial charge is 0.497 e. The first-order chi connectivity index (χ1) is 9.36. The highest BCUT2D eigenvalue weighted by atomic mass is 32.2. The van der Waals surface area contributed by atoms with E-state index in [4.69, 9.17) is 9.84 Å². The van der Waals surface area contributed by atoms with Crippen LogP contribution in [0.4, 0.5) is 4.39 Å². The van der Waals surface area contributed by atoms with Crippen molar-refractivity contribution in [2.45, 2.75) is 11.3 Å². The monoisotopic (exact) mass is 303 g/mol. The van der Waals surface area contributed by atoms with Crippen LogP contribution in [0.15, 0.2) is 23.1 Å². The van der Waals surface area contributed by atoms with Crippen LogP contribution in [0.25, 0.3) is 0 Å². The van der Waals surface area contributed by atoms with Gasteiger partial charge in [0, 0.05) is 19.2 Å². The number of ether oxygens (including phenoxy) is 1. The van der Waals surface area contributed by atoms with Crippen LogP contribution >= 0.6 is 0 Å². The molecule has 1 aliphatic heterocycles. The van der Waals surface area contributed by atoms with Crippen LogP contribution in [0.5, 0.6) is 5.75 Å². The van der Waals surface area contributed by atoms with Gasteiger partial charge < -0.3 is 9.84 Å². The van der Waals surface area contributed by atoms with Crippen LogP contribution in [0.1, 0.15) is 6.42 Å². The summed E-state index contributed by atoms with van der Waals surface area (Å²) in [6.07, 6.45) is 0.229. The van der Waals surface area contributed by atoms with Gasteiger partial charge in [0.05, 0.1) is 13.0 Å². The second-order valence-corrected chi connectivity index (χ2v) is 6.39. The van der Waals surface area contributed by atoms with E-state index in [1.807, 2.05) is 0 Å². The van der Waals surface area contributed by atoms with Crippen LogP contribution in [0.2, 0.25) is 0 Å². The third-order valence-electron chi connectivity index (χ3n) is 3.26. The zero-order valence-electron chi connectivity index (χ0n) is 10.7. The molecule has 1 atom stereocenters. The number of carbonyl (C=O) groups is 1. The molecule has 0 aliphatic carbocycles. The van der Waals surface area contributed by atoms with Gasteiger partial charge >= 0.3 is 5.97 Å². The summed E-state index contributed by atoms with van der Waals surface area (Å²) in [5.74, 6) is -2.49. The fourth-order valence-electron chi connectivity index (χ4n) is 2.10. The molecule has 1 fully saturated rings. The molecule has 1 aliphatic rings. The molecular weight excluding hydrogens is 289 g/mol. The smallest absolute Gasteiger partial charge is 0.307 e. The van der Waals surface area contributed by atoms with Gasteiger partial charge in [0.25, 0.3) is 0 Å². The van der Waals surface area contributed by atoms with Crippen LogP contribution in [-0.4, -0.2) is 44.0 Å². The molecule has 1 N–H and O–H groups in total. The number of carboxylic acid groups (broad SMARTS) is 1. The fraction of sp³-hybridized carbons (Fsp3) is 0.417. The summed E-state index contributed by atoms with van der Waals surface area (Å²) in [4.78, 5) is 10.4. The highest BCUT2D eigenvalue weighted by molar-refractivity contribution is 7.89. The van der Waals surface area contributed by atoms with E-state index in [2.05, 4.69) is 0 Å². The SMILES string of the molecule is COc1ccc(S(=O)(=O)N2CCC(C(=O)O)C2)c(F)c1.